The van der Waals surface area contributed by atoms with Crippen LogP contribution < -0.4 is 10.5 Å². The summed E-state index contributed by atoms with van der Waals surface area (Å²) in [5, 5.41) is 0. The molecule has 1 fully saturated rings. The van der Waals surface area contributed by atoms with Crippen LogP contribution in [0.15, 0.2) is 22.7 Å². The Morgan fingerprint density at radius 2 is 2.11 bits per heavy atom. The summed E-state index contributed by atoms with van der Waals surface area (Å²) < 4.78 is 28.1. The Labute approximate surface area is 113 Å². The number of hydrogen-bond acceptors (Lipinski definition) is 5. The number of ketones is 1. The van der Waals surface area contributed by atoms with Gasteiger partial charge in [-0.2, -0.15) is 0 Å². The average molecular weight is 334 g/mol. The zero-order valence-electron chi connectivity index (χ0n) is 9.43. The lowest BCUT2D eigenvalue weighted by Gasteiger charge is -2.27. The van der Waals surface area contributed by atoms with Crippen molar-refractivity contribution in [1.29, 1.82) is 0 Å². The molecule has 1 aromatic rings. The Kier molecular flexibility index (Phi) is 3.74. The van der Waals surface area contributed by atoms with Crippen molar-refractivity contribution in [3.8, 4) is 5.75 Å². The van der Waals surface area contributed by atoms with Gasteiger partial charge < -0.3 is 10.5 Å². The number of hydrogen-bond donors (Lipinski definition) is 1. The molecule has 1 heterocycles. The molecule has 0 saturated carbocycles. The predicted molar refractivity (Wildman–Crippen MR) is 70.6 cm³/mol. The van der Waals surface area contributed by atoms with E-state index in [2.05, 4.69) is 15.9 Å². The Bertz CT molecular complexity index is 573. The fourth-order valence-electron chi connectivity index (χ4n) is 1.65. The van der Waals surface area contributed by atoms with Gasteiger partial charge in [0.15, 0.2) is 15.6 Å². The third kappa shape index (κ3) is 2.90. The average Bonchev–Trinajstić information content (AvgIpc) is 2.28. The number of carbonyl (C=O) groups is 1. The van der Waals surface area contributed by atoms with Crippen LogP contribution in [0, 0.1) is 0 Å². The van der Waals surface area contributed by atoms with E-state index in [1.807, 2.05) is 0 Å². The van der Waals surface area contributed by atoms with E-state index in [1.54, 1.807) is 18.2 Å². The molecule has 1 aliphatic rings. The van der Waals surface area contributed by atoms with Gasteiger partial charge in [0.25, 0.3) is 0 Å². The van der Waals surface area contributed by atoms with E-state index in [-0.39, 0.29) is 29.9 Å². The fraction of sp³-hybridized carbons (Fsp3) is 0.364. The molecule has 2 rings (SSSR count). The maximum Gasteiger partial charge on any atom is 0.176 e. The highest BCUT2D eigenvalue weighted by Crippen LogP contribution is 2.29. The van der Waals surface area contributed by atoms with Crippen LogP contribution in [0.25, 0.3) is 0 Å². The minimum Gasteiger partial charge on any atom is -0.487 e. The van der Waals surface area contributed by atoms with Crippen LogP contribution in [-0.4, -0.2) is 38.4 Å². The van der Waals surface area contributed by atoms with E-state index in [4.69, 9.17) is 10.5 Å². The lowest BCUT2D eigenvalue weighted by atomic mass is 10.1. The molecule has 0 spiro atoms. The standard InChI is InChI=1S/C11H12BrNO4S/c12-9-3-7(10(14)4-13)1-2-11(9)17-8-5-18(15,16)6-8/h1-3,8H,4-6,13H2. The van der Waals surface area contributed by atoms with Crippen molar-refractivity contribution in [2.45, 2.75) is 6.10 Å². The highest BCUT2D eigenvalue weighted by atomic mass is 79.9. The van der Waals surface area contributed by atoms with Crippen LogP contribution in [0.2, 0.25) is 0 Å². The molecule has 0 aliphatic carbocycles. The van der Waals surface area contributed by atoms with E-state index < -0.39 is 9.84 Å². The molecule has 0 radical (unpaired) electrons. The van der Waals surface area contributed by atoms with Gasteiger partial charge in [-0.3, -0.25) is 4.79 Å². The van der Waals surface area contributed by atoms with Crippen molar-refractivity contribution in [1.82, 2.24) is 0 Å². The van der Waals surface area contributed by atoms with Crippen LogP contribution in [0.1, 0.15) is 10.4 Å². The molecule has 1 saturated heterocycles. The summed E-state index contributed by atoms with van der Waals surface area (Å²) in [6, 6.07) is 4.87. The lowest BCUT2D eigenvalue weighted by Crippen LogP contribution is -2.45. The zero-order chi connectivity index (χ0) is 13.3. The van der Waals surface area contributed by atoms with Gasteiger partial charge in [0, 0.05) is 5.56 Å². The molecular formula is C11H12BrNO4S. The lowest BCUT2D eigenvalue weighted by molar-refractivity contribution is 0.100. The Hall–Kier alpha value is -0.920. The first kappa shape index (κ1) is 13.5. The fourth-order valence-corrected chi connectivity index (χ4v) is 3.30. The monoisotopic (exact) mass is 333 g/mol. The molecule has 2 N–H and O–H groups in total. The largest absolute Gasteiger partial charge is 0.487 e. The van der Waals surface area contributed by atoms with E-state index in [0.29, 0.717) is 15.8 Å². The second-order valence-corrected chi connectivity index (χ2v) is 7.10. The van der Waals surface area contributed by atoms with E-state index in [9.17, 15) is 13.2 Å². The van der Waals surface area contributed by atoms with Crippen molar-refractivity contribution in [3.05, 3.63) is 28.2 Å². The number of halogens is 1. The van der Waals surface area contributed by atoms with Crippen molar-refractivity contribution in [2.24, 2.45) is 5.73 Å². The minimum absolute atomic E-state index is 0.0446. The normalized spacial score (nSPS) is 18.1. The molecular weight excluding hydrogens is 322 g/mol. The Morgan fingerprint density at radius 3 is 2.61 bits per heavy atom. The molecule has 0 unspecified atom stereocenters. The zero-order valence-corrected chi connectivity index (χ0v) is 11.8. The maximum atomic E-state index is 11.4. The van der Waals surface area contributed by atoms with Gasteiger partial charge in [-0.05, 0) is 34.1 Å². The summed E-state index contributed by atoms with van der Waals surface area (Å²) in [6.07, 6.45) is -0.303. The highest BCUT2D eigenvalue weighted by Gasteiger charge is 2.35. The van der Waals surface area contributed by atoms with Crippen molar-refractivity contribution < 1.29 is 17.9 Å². The van der Waals surface area contributed by atoms with Gasteiger partial charge in [-0.25, -0.2) is 8.42 Å². The molecule has 18 heavy (non-hydrogen) atoms. The summed E-state index contributed by atoms with van der Waals surface area (Å²) in [4.78, 5) is 11.4. The summed E-state index contributed by atoms with van der Waals surface area (Å²) >= 11 is 3.29. The van der Waals surface area contributed by atoms with Gasteiger partial charge in [0.05, 0.1) is 22.5 Å². The number of benzene rings is 1. The molecule has 0 amide bonds. The van der Waals surface area contributed by atoms with Crippen molar-refractivity contribution >= 4 is 31.6 Å². The van der Waals surface area contributed by atoms with E-state index in [1.165, 1.54) is 0 Å². The predicted octanol–water partition coefficient (Wildman–Crippen LogP) is 0.766. The highest BCUT2D eigenvalue weighted by molar-refractivity contribution is 9.10. The van der Waals surface area contributed by atoms with Gasteiger partial charge in [0.1, 0.15) is 11.9 Å². The smallest absolute Gasteiger partial charge is 0.176 e. The molecule has 1 aliphatic heterocycles. The maximum absolute atomic E-state index is 11.4. The second kappa shape index (κ2) is 4.99. The quantitative estimate of drug-likeness (QED) is 0.822. The van der Waals surface area contributed by atoms with Crippen LogP contribution in [-0.2, 0) is 9.84 Å². The summed E-state index contributed by atoms with van der Waals surface area (Å²) in [5.41, 5.74) is 5.77. The Morgan fingerprint density at radius 1 is 1.44 bits per heavy atom. The number of Topliss-reactive ketones (excluding diaryl/α,β-unsaturated/α-hetero) is 1. The third-order valence-corrected chi connectivity index (χ3v) is 4.99. The first-order valence-electron chi connectivity index (χ1n) is 5.31. The van der Waals surface area contributed by atoms with Crippen LogP contribution in [0.3, 0.4) is 0 Å². The number of sulfone groups is 1. The number of rotatable bonds is 4. The van der Waals surface area contributed by atoms with Gasteiger partial charge in [-0.15, -0.1) is 0 Å². The summed E-state index contributed by atoms with van der Waals surface area (Å²) in [5.74, 6) is 0.461. The van der Waals surface area contributed by atoms with Crippen molar-refractivity contribution in [3.63, 3.8) is 0 Å². The molecule has 5 nitrogen and oxygen atoms in total. The van der Waals surface area contributed by atoms with Crippen molar-refractivity contribution in [2.75, 3.05) is 18.1 Å². The number of ether oxygens (including phenoxy) is 1. The van der Waals surface area contributed by atoms with Gasteiger partial charge in [-0.1, -0.05) is 0 Å². The molecule has 0 bridgehead atoms. The molecule has 7 heteroatoms. The Balaban J connectivity index is 2.09. The first-order chi connectivity index (χ1) is 8.41. The molecule has 0 aromatic heterocycles. The third-order valence-electron chi connectivity index (χ3n) is 2.61. The molecule has 0 atom stereocenters. The first-order valence-corrected chi connectivity index (χ1v) is 7.92. The molecule has 1 aromatic carbocycles. The van der Waals surface area contributed by atoms with Crippen LogP contribution in [0.4, 0.5) is 0 Å². The van der Waals surface area contributed by atoms with E-state index >= 15 is 0 Å². The van der Waals surface area contributed by atoms with Crippen LogP contribution in [0.5, 0.6) is 5.75 Å². The minimum atomic E-state index is -2.90. The topological polar surface area (TPSA) is 86.5 Å². The van der Waals surface area contributed by atoms with Gasteiger partial charge in [0.2, 0.25) is 0 Å². The summed E-state index contributed by atoms with van der Waals surface area (Å²) in [6.45, 7) is -0.0481. The second-order valence-electron chi connectivity index (χ2n) is 4.09. The molecule has 98 valence electrons. The van der Waals surface area contributed by atoms with Gasteiger partial charge >= 0.3 is 0 Å². The number of carbonyl (C=O) groups excluding carboxylic acids is 1. The summed E-state index contributed by atoms with van der Waals surface area (Å²) in [7, 11) is -2.90. The van der Waals surface area contributed by atoms with Crippen LogP contribution >= 0.6 is 15.9 Å². The van der Waals surface area contributed by atoms with E-state index in [0.717, 1.165) is 0 Å². The SMILES string of the molecule is NCC(=O)c1ccc(OC2CS(=O)(=O)C2)c(Br)c1. The number of nitrogens with two attached hydrogens (primary N) is 1.